The highest BCUT2D eigenvalue weighted by atomic mass is 79.9. The Balaban J connectivity index is 1.84. The van der Waals surface area contributed by atoms with Crippen LogP contribution in [0.2, 0.25) is 0 Å². The number of carbonyl (C=O) groups is 1. The van der Waals surface area contributed by atoms with E-state index in [4.69, 9.17) is 4.74 Å². The van der Waals surface area contributed by atoms with E-state index >= 15 is 0 Å². The van der Waals surface area contributed by atoms with Crippen molar-refractivity contribution in [1.29, 1.82) is 0 Å². The molecule has 0 aliphatic carbocycles. The molecule has 1 unspecified atom stereocenters. The normalized spacial score (nSPS) is 18.8. The van der Waals surface area contributed by atoms with Gasteiger partial charge in [0.2, 0.25) is 0 Å². The van der Waals surface area contributed by atoms with Crippen LogP contribution in [0.1, 0.15) is 26.2 Å². The molecule has 1 atom stereocenters. The minimum absolute atomic E-state index is 0.252. The van der Waals surface area contributed by atoms with Crippen LogP contribution in [0.25, 0.3) is 10.8 Å². The van der Waals surface area contributed by atoms with E-state index in [0.29, 0.717) is 5.75 Å². The van der Waals surface area contributed by atoms with Crippen LogP contribution >= 0.6 is 15.9 Å². The second kappa shape index (κ2) is 6.06. The van der Waals surface area contributed by atoms with Crippen molar-refractivity contribution in [2.75, 3.05) is 6.54 Å². The van der Waals surface area contributed by atoms with Gasteiger partial charge in [-0.05, 0) is 59.0 Å². The number of nitrogens with zero attached hydrogens (tertiary/aromatic N) is 1. The first-order chi connectivity index (χ1) is 10.2. The Bertz CT molecular complexity index is 671. The maximum atomic E-state index is 12.3. The van der Waals surface area contributed by atoms with Gasteiger partial charge in [0.05, 0.1) is 4.47 Å². The zero-order chi connectivity index (χ0) is 14.8. The third-order valence-electron chi connectivity index (χ3n) is 4.06. The van der Waals surface area contributed by atoms with Gasteiger partial charge in [-0.15, -0.1) is 0 Å². The van der Waals surface area contributed by atoms with Crippen molar-refractivity contribution in [2.45, 2.75) is 32.2 Å². The molecule has 1 amide bonds. The molecule has 1 saturated heterocycles. The highest BCUT2D eigenvalue weighted by Gasteiger charge is 2.25. The lowest BCUT2D eigenvalue weighted by molar-refractivity contribution is 0.118. The maximum absolute atomic E-state index is 12.3. The second-order valence-corrected chi connectivity index (χ2v) is 6.30. The molecule has 1 aliphatic heterocycles. The summed E-state index contributed by atoms with van der Waals surface area (Å²) in [7, 11) is 0. The summed E-state index contributed by atoms with van der Waals surface area (Å²) in [6, 6.07) is 12.1. The molecular weight excluding hydrogens is 330 g/mol. The number of ether oxygens (including phenoxy) is 1. The molecule has 4 heteroatoms. The van der Waals surface area contributed by atoms with Crippen LogP contribution in [-0.2, 0) is 0 Å². The van der Waals surface area contributed by atoms with Crippen molar-refractivity contribution < 1.29 is 9.53 Å². The Kier molecular flexibility index (Phi) is 4.15. The molecule has 3 rings (SSSR count). The second-order valence-electron chi connectivity index (χ2n) is 5.50. The zero-order valence-electron chi connectivity index (χ0n) is 12.0. The van der Waals surface area contributed by atoms with Gasteiger partial charge in [0.25, 0.3) is 0 Å². The smallest absolute Gasteiger partial charge is 0.409 e. The molecule has 0 saturated carbocycles. The number of halogens is 1. The lowest BCUT2D eigenvalue weighted by Gasteiger charge is -2.32. The molecule has 1 aliphatic rings. The van der Waals surface area contributed by atoms with Crippen molar-refractivity contribution in [3.05, 3.63) is 40.9 Å². The van der Waals surface area contributed by atoms with Gasteiger partial charge in [0.15, 0.2) is 0 Å². The van der Waals surface area contributed by atoms with Crippen LogP contribution in [0.5, 0.6) is 5.75 Å². The van der Waals surface area contributed by atoms with E-state index in [1.807, 2.05) is 41.3 Å². The van der Waals surface area contributed by atoms with E-state index in [2.05, 4.69) is 22.9 Å². The topological polar surface area (TPSA) is 29.5 Å². The number of hydrogen-bond donors (Lipinski definition) is 0. The molecule has 0 spiro atoms. The number of likely N-dealkylation sites (tertiary alicyclic amines) is 1. The van der Waals surface area contributed by atoms with Crippen molar-refractivity contribution >= 4 is 32.8 Å². The molecule has 1 heterocycles. The fourth-order valence-electron chi connectivity index (χ4n) is 2.81. The van der Waals surface area contributed by atoms with Gasteiger partial charge in [-0.2, -0.15) is 0 Å². The Morgan fingerprint density at radius 3 is 2.86 bits per heavy atom. The number of hydrogen-bond acceptors (Lipinski definition) is 2. The molecule has 110 valence electrons. The molecule has 0 radical (unpaired) electrons. The number of rotatable bonds is 1. The van der Waals surface area contributed by atoms with Crippen molar-refractivity contribution in [3.63, 3.8) is 0 Å². The predicted octanol–water partition coefficient (Wildman–Crippen LogP) is 4.98. The van der Waals surface area contributed by atoms with E-state index in [0.717, 1.165) is 34.6 Å². The van der Waals surface area contributed by atoms with Crippen LogP contribution in [0.3, 0.4) is 0 Å². The molecule has 2 aromatic carbocycles. The van der Waals surface area contributed by atoms with Gasteiger partial charge in [-0.25, -0.2) is 4.79 Å². The summed E-state index contributed by atoms with van der Waals surface area (Å²) in [5.41, 5.74) is 0. The number of benzene rings is 2. The molecular formula is C17H18BrNO2. The molecule has 1 fully saturated rings. The summed E-state index contributed by atoms with van der Waals surface area (Å²) in [6.07, 6.45) is 3.04. The maximum Gasteiger partial charge on any atom is 0.415 e. The Morgan fingerprint density at radius 2 is 2.05 bits per heavy atom. The van der Waals surface area contributed by atoms with Gasteiger partial charge >= 0.3 is 6.09 Å². The summed E-state index contributed by atoms with van der Waals surface area (Å²) in [5.74, 6) is 0.580. The van der Waals surface area contributed by atoms with E-state index < -0.39 is 0 Å². The molecule has 0 N–H and O–H groups in total. The molecule has 21 heavy (non-hydrogen) atoms. The number of piperidine rings is 1. The Morgan fingerprint density at radius 1 is 1.24 bits per heavy atom. The fraction of sp³-hybridized carbons (Fsp3) is 0.353. The lowest BCUT2D eigenvalue weighted by atomic mass is 10.0. The average molecular weight is 348 g/mol. The standard InChI is InChI=1S/C17H18BrNO2/c1-12-6-4-5-11-19(12)17(20)21-15-10-9-13-7-2-3-8-14(13)16(15)18/h2-3,7-10,12H,4-6,11H2,1H3. The first-order valence-corrected chi connectivity index (χ1v) is 8.12. The first kappa shape index (κ1) is 14.4. The quantitative estimate of drug-likeness (QED) is 0.728. The van der Waals surface area contributed by atoms with Crippen molar-refractivity contribution in [2.24, 2.45) is 0 Å². The lowest BCUT2D eigenvalue weighted by Crippen LogP contribution is -2.43. The van der Waals surface area contributed by atoms with Gasteiger partial charge in [-0.3, -0.25) is 0 Å². The van der Waals surface area contributed by atoms with Crippen molar-refractivity contribution in [1.82, 2.24) is 4.90 Å². The fourth-order valence-corrected chi connectivity index (χ4v) is 3.39. The minimum atomic E-state index is -0.252. The van der Waals surface area contributed by atoms with E-state index in [-0.39, 0.29) is 12.1 Å². The summed E-state index contributed by atoms with van der Waals surface area (Å²) < 4.78 is 6.44. The third-order valence-corrected chi connectivity index (χ3v) is 4.88. The molecule has 3 nitrogen and oxygen atoms in total. The first-order valence-electron chi connectivity index (χ1n) is 7.32. The highest BCUT2D eigenvalue weighted by Crippen LogP contribution is 2.33. The average Bonchev–Trinajstić information content (AvgIpc) is 2.51. The number of carbonyl (C=O) groups excluding carboxylic acids is 1. The summed E-state index contributed by atoms with van der Waals surface area (Å²) in [4.78, 5) is 14.2. The van der Waals surface area contributed by atoms with Crippen molar-refractivity contribution in [3.8, 4) is 5.75 Å². The van der Waals surface area contributed by atoms with Crippen LogP contribution in [0.4, 0.5) is 4.79 Å². The summed E-state index contributed by atoms with van der Waals surface area (Å²) in [5, 5.41) is 2.17. The highest BCUT2D eigenvalue weighted by molar-refractivity contribution is 9.10. The van der Waals surface area contributed by atoms with E-state index in [1.54, 1.807) is 0 Å². The number of fused-ring (bicyclic) bond motifs is 1. The summed E-state index contributed by atoms with van der Waals surface area (Å²) in [6.45, 7) is 2.86. The zero-order valence-corrected chi connectivity index (χ0v) is 13.6. The molecule has 0 bridgehead atoms. The number of amides is 1. The van der Waals surface area contributed by atoms with Gasteiger partial charge < -0.3 is 9.64 Å². The third kappa shape index (κ3) is 2.91. The van der Waals surface area contributed by atoms with Gasteiger partial charge in [-0.1, -0.05) is 30.3 Å². The van der Waals surface area contributed by atoms with Gasteiger partial charge in [0.1, 0.15) is 5.75 Å². The molecule has 2 aromatic rings. The van der Waals surface area contributed by atoms with E-state index in [1.165, 1.54) is 6.42 Å². The Labute approximate surface area is 133 Å². The van der Waals surface area contributed by atoms with Crippen LogP contribution in [-0.4, -0.2) is 23.6 Å². The van der Waals surface area contributed by atoms with Crippen LogP contribution in [0.15, 0.2) is 40.9 Å². The van der Waals surface area contributed by atoms with Gasteiger partial charge in [0, 0.05) is 12.6 Å². The van der Waals surface area contributed by atoms with Crippen LogP contribution in [0, 0.1) is 0 Å². The van der Waals surface area contributed by atoms with E-state index in [9.17, 15) is 4.79 Å². The summed E-state index contributed by atoms with van der Waals surface area (Å²) >= 11 is 3.55. The monoisotopic (exact) mass is 347 g/mol. The Hall–Kier alpha value is -1.55. The molecule has 0 aromatic heterocycles. The largest absolute Gasteiger partial charge is 0.415 e. The predicted molar refractivity (Wildman–Crippen MR) is 87.7 cm³/mol. The minimum Gasteiger partial charge on any atom is -0.409 e. The SMILES string of the molecule is CC1CCCCN1C(=O)Oc1ccc2ccccc2c1Br. The van der Waals surface area contributed by atoms with Crippen LogP contribution < -0.4 is 4.74 Å².